The van der Waals surface area contributed by atoms with E-state index in [0.29, 0.717) is 12.0 Å². The Hall–Kier alpha value is -3.44. The maximum absolute atomic E-state index is 13.1. The molecule has 1 amide bonds. The first-order valence-electron chi connectivity index (χ1n) is 15.1. The van der Waals surface area contributed by atoms with E-state index < -0.39 is 0 Å². The first kappa shape index (κ1) is 26.8. The molecule has 8 heteroatoms. The van der Waals surface area contributed by atoms with Crippen LogP contribution in [0.4, 0.5) is 5.69 Å². The van der Waals surface area contributed by atoms with E-state index in [1.54, 1.807) is 0 Å². The van der Waals surface area contributed by atoms with E-state index in [0.717, 1.165) is 87.4 Å². The van der Waals surface area contributed by atoms with Crippen molar-refractivity contribution in [2.45, 2.75) is 64.3 Å². The number of pyridine rings is 1. The minimum absolute atomic E-state index is 0.0868. The van der Waals surface area contributed by atoms with Crippen molar-refractivity contribution in [2.75, 3.05) is 44.2 Å². The normalized spacial score (nSPS) is 23.1. The number of fused-ring (bicyclic) bond motifs is 1. The highest BCUT2D eigenvalue weighted by atomic mass is 16.2. The standard InChI is InChI=1S/C32H41N7O/c1-23(2)36-13-10-25(11-14-36)27-7-8-29(34-21-27)28-19-31-30(9-12-35-39(31)22-28)37-15-17-38(18-16-37)32(40)26-5-3-24(20-33)4-6-26/h7-9,12,19,21-26H,3-6,10-11,13-18H2,1-2H3/t24-,26-. The van der Waals surface area contributed by atoms with Crippen molar-refractivity contribution in [3.05, 3.63) is 48.4 Å². The fourth-order valence-electron chi connectivity index (χ4n) is 6.87. The van der Waals surface area contributed by atoms with Gasteiger partial charge in [0, 0.05) is 68.2 Å². The zero-order valence-electron chi connectivity index (χ0n) is 23.9. The molecule has 5 heterocycles. The van der Waals surface area contributed by atoms with Crippen LogP contribution in [0, 0.1) is 23.2 Å². The first-order chi connectivity index (χ1) is 19.5. The van der Waals surface area contributed by atoms with Crippen molar-refractivity contribution in [1.82, 2.24) is 24.4 Å². The van der Waals surface area contributed by atoms with Crippen LogP contribution in [0.1, 0.15) is 63.9 Å². The summed E-state index contributed by atoms with van der Waals surface area (Å²) in [5.41, 5.74) is 5.61. The average molecular weight is 540 g/mol. The van der Waals surface area contributed by atoms with E-state index in [4.69, 9.17) is 10.2 Å². The number of aromatic nitrogens is 3. The van der Waals surface area contributed by atoms with Crippen LogP contribution in [-0.4, -0.2) is 75.6 Å². The molecule has 8 nitrogen and oxygen atoms in total. The van der Waals surface area contributed by atoms with Crippen molar-refractivity contribution in [3.63, 3.8) is 0 Å². The SMILES string of the molecule is CC(C)N1CCC(c2ccc(-c3cc4c(N5CCN(C(=O)[C@H]6CC[C@H](C#N)CC6)CC5)ccnn4c3)nc2)CC1. The summed E-state index contributed by atoms with van der Waals surface area (Å²) in [6, 6.07) is 11.7. The Morgan fingerprint density at radius 2 is 1.73 bits per heavy atom. The van der Waals surface area contributed by atoms with Crippen LogP contribution in [0.2, 0.25) is 0 Å². The van der Waals surface area contributed by atoms with Crippen LogP contribution in [-0.2, 0) is 4.79 Å². The fourth-order valence-corrected chi connectivity index (χ4v) is 6.87. The molecule has 2 saturated heterocycles. The van der Waals surface area contributed by atoms with Gasteiger partial charge in [-0.15, -0.1) is 0 Å². The number of hydrogen-bond donors (Lipinski definition) is 0. The summed E-state index contributed by atoms with van der Waals surface area (Å²) in [6.07, 6.45) is 11.8. The predicted octanol–water partition coefficient (Wildman–Crippen LogP) is 4.96. The topological polar surface area (TPSA) is 80.8 Å². The lowest BCUT2D eigenvalue weighted by Crippen LogP contribution is -2.50. The number of carbonyl (C=O) groups excluding carboxylic acids is 1. The highest BCUT2D eigenvalue weighted by molar-refractivity contribution is 5.81. The number of anilines is 1. The van der Waals surface area contributed by atoms with Crippen LogP contribution in [0.15, 0.2) is 42.9 Å². The number of amides is 1. The maximum Gasteiger partial charge on any atom is 0.225 e. The molecule has 3 fully saturated rings. The monoisotopic (exact) mass is 539 g/mol. The van der Waals surface area contributed by atoms with Crippen molar-refractivity contribution in [1.29, 1.82) is 5.26 Å². The first-order valence-corrected chi connectivity index (χ1v) is 15.1. The van der Waals surface area contributed by atoms with Gasteiger partial charge >= 0.3 is 0 Å². The molecule has 3 aromatic rings. The third-order valence-electron chi connectivity index (χ3n) is 9.49. The summed E-state index contributed by atoms with van der Waals surface area (Å²) in [4.78, 5) is 25.0. The minimum atomic E-state index is 0.0868. The molecule has 0 aromatic carbocycles. The summed E-state index contributed by atoms with van der Waals surface area (Å²) >= 11 is 0. The Bertz CT molecular complexity index is 1350. The van der Waals surface area contributed by atoms with E-state index >= 15 is 0 Å². The molecule has 3 aromatic heterocycles. The van der Waals surface area contributed by atoms with Crippen LogP contribution in [0.5, 0.6) is 0 Å². The molecule has 0 N–H and O–H groups in total. The second kappa shape index (κ2) is 11.6. The largest absolute Gasteiger partial charge is 0.366 e. The van der Waals surface area contributed by atoms with Gasteiger partial charge in [0.05, 0.1) is 23.0 Å². The van der Waals surface area contributed by atoms with Crippen molar-refractivity contribution >= 4 is 17.1 Å². The number of rotatable bonds is 5. The van der Waals surface area contributed by atoms with Gasteiger partial charge in [-0.1, -0.05) is 6.07 Å². The highest BCUT2D eigenvalue weighted by Gasteiger charge is 2.31. The second-order valence-electron chi connectivity index (χ2n) is 12.1. The van der Waals surface area contributed by atoms with Crippen LogP contribution in [0.25, 0.3) is 16.8 Å². The Morgan fingerprint density at radius 1 is 0.975 bits per heavy atom. The Balaban J connectivity index is 1.11. The summed E-state index contributed by atoms with van der Waals surface area (Å²) < 4.78 is 1.95. The van der Waals surface area contributed by atoms with E-state index in [9.17, 15) is 4.79 Å². The van der Waals surface area contributed by atoms with Gasteiger partial charge in [0.1, 0.15) is 0 Å². The van der Waals surface area contributed by atoms with Crippen LogP contribution >= 0.6 is 0 Å². The second-order valence-corrected chi connectivity index (χ2v) is 12.1. The number of piperidine rings is 1. The van der Waals surface area contributed by atoms with Gasteiger partial charge in [0.15, 0.2) is 0 Å². The summed E-state index contributed by atoms with van der Waals surface area (Å²) in [5, 5.41) is 13.7. The van der Waals surface area contributed by atoms with E-state index in [1.807, 2.05) is 15.6 Å². The Kier molecular flexibility index (Phi) is 7.75. The molecular formula is C32H41N7O. The molecule has 0 radical (unpaired) electrons. The third-order valence-corrected chi connectivity index (χ3v) is 9.49. The Morgan fingerprint density at radius 3 is 2.38 bits per heavy atom. The molecule has 1 saturated carbocycles. The number of nitriles is 1. The molecule has 6 rings (SSSR count). The summed E-state index contributed by atoms with van der Waals surface area (Å²) in [7, 11) is 0. The van der Waals surface area contributed by atoms with E-state index in [2.05, 4.69) is 71.5 Å². The molecular weight excluding hydrogens is 498 g/mol. The lowest BCUT2D eigenvalue weighted by molar-refractivity contribution is -0.137. The van der Waals surface area contributed by atoms with Gasteiger partial charge in [-0.2, -0.15) is 10.4 Å². The van der Waals surface area contributed by atoms with Crippen LogP contribution in [0.3, 0.4) is 0 Å². The Labute approximate surface area is 237 Å². The molecule has 2 aliphatic heterocycles. The van der Waals surface area contributed by atoms with Crippen molar-refractivity contribution < 1.29 is 4.79 Å². The number of nitrogens with zero attached hydrogens (tertiary/aromatic N) is 7. The molecule has 210 valence electrons. The fraction of sp³-hybridized carbons (Fsp3) is 0.562. The van der Waals surface area contributed by atoms with Gasteiger partial charge in [-0.3, -0.25) is 9.78 Å². The summed E-state index contributed by atoms with van der Waals surface area (Å²) in [6.45, 7) is 9.97. The quantitative estimate of drug-likeness (QED) is 0.456. The molecule has 0 spiro atoms. The van der Waals surface area contributed by atoms with Crippen LogP contribution < -0.4 is 4.90 Å². The van der Waals surface area contributed by atoms with Gasteiger partial charge in [0.25, 0.3) is 0 Å². The molecule has 0 unspecified atom stereocenters. The zero-order valence-corrected chi connectivity index (χ0v) is 23.9. The molecule has 0 atom stereocenters. The van der Waals surface area contributed by atoms with Gasteiger partial charge in [-0.25, -0.2) is 4.52 Å². The average Bonchev–Trinajstić information content (AvgIpc) is 3.46. The molecule has 3 aliphatic rings. The third kappa shape index (κ3) is 5.44. The van der Waals surface area contributed by atoms with Crippen molar-refractivity contribution in [2.24, 2.45) is 11.8 Å². The number of carbonyl (C=O) groups is 1. The highest BCUT2D eigenvalue weighted by Crippen LogP contribution is 2.33. The minimum Gasteiger partial charge on any atom is -0.366 e. The van der Waals surface area contributed by atoms with Gasteiger partial charge < -0.3 is 14.7 Å². The van der Waals surface area contributed by atoms with E-state index in [1.165, 1.54) is 18.4 Å². The molecule has 0 bridgehead atoms. The number of likely N-dealkylation sites (tertiary alicyclic amines) is 1. The van der Waals surface area contributed by atoms with Gasteiger partial charge in [-0.05, 0) is 95.1 Å². The lowest BCUT2D eigenvalue weighted by Gasteiger charge is -2.38. The number of piperazine rings is 1. The molecule has 40 heavy (non-hydrogen) atoms. The number of hydrogen-bond acceptors (Lipinski definition) is 6. The maximum atomic E-state index is 13.1. The zero-order chi connectivity index (χ0) is 27.6. The summed E-state index contributed by atoms with van der Waals surface area (Å²) in [5.74, 6) is 1.09. The molecule has 1 aliphatic carbocycles. The predicted molar refractivity (Wildman–Crippen MR) is 157 cm³/mol. The lowest BCUT2D eigenvalue weighted by atomic mass is 9.82. The van der Waals surface area contributed by atoms with E-state index in [-0.39, 0.29) is 17.7 Å². The van der Waals surface area contributed by atoms with Crippen molar-refractivity contribution in [3.8, 4) is 17.3 Å². The van der Waals surface area contributed by atoms with Gasteiger partial charge in [0.2, 0.25) is 5.91 Å². The smallest absolute Gasteiger partial charge is 0.225 e.